The SMILES string of the molecule is CC(=O)N1C[C@H](C(=O)Cc2ccc(C)cc2C)[C@@H](c2nnc(C3CN(S(=O)(=O)C(C)C)C3)n2C2CC2)C1. The molecule has 3 heterocycles. The fourth-order valence-electron chi connectivity index (χ4n) is 5.67. The third kappa shape index (κ3) is 4.85. The predicted octanol–water partition coefficient (Wildman–Crippen LogP) is 2.74. The maximum atomic E-state index is 13.7. The van der Waals surface area contributed by atoms with E-state index in [9.17, 15) is 18.0 Å². The van der Waals surface area contributed by atoms with E-state index in [1.54, 1.807) is 25.7 Å². The number of ketones is 1. The molecule has 2 aliphatic heterocycles. The minimum absolute atomic E-state index is 0.00922. The Labute approximate surface area is 219 Å². The molecule has 0 spiro atoms. The summed E-state index contributed by atoms with van der Waals surface area (Å²) in [7, 11) is -3.29. The van der Waals surface area contributed by atoms with Crippen molar-refractivity contribution in [2.24, 2.45) is 5.92 Å². The molecule has 200 valence electrons. The third-order valence-electron chi connectivity index (χ3n) is 8.20. The first kappa shape index (κ1) is 26.0. The molecule has 0 bridgehead atoms. The van der Waals surface area contributed by atoms with Gasteiger partial charge in [0.2, 0.25) is 15.9 Å². The van der Waals surface area contributed by atoms with Gasteiger partial charge < -0.3 is 9.47 Å². The molecule has 1 aliphatic carbocycles. The van der Waals surface area contributed by atoms with E-state index in [1.807, 2.05) is 26.0 Å². The molecule has 1 amide bonds. The molecule has 1 aromatic carbocycles. The molecule has 2 saturated heterocycles. The summed E-state index contributed by atoms with van der Waals surface area (Å²) < 4.78 is 28.8. The summed E-state index contributed by atoms with van der Waals surface area (Å²) in [5.74, 6) is 1.08. The fraction of sp³-hybridized carbons (Fsp3) is 0.630. The second kappa shape index (κ2) is 9.62. The smallest absolute Gasteiger partial charge is 0.219 e. The second-order valence-electron chi connectivity index (χ2n) is 11.3. The maximum Gasteiger partial charge on any atom is 0.219 e. The van der Waals surface area contributed by atoms with Crippen LogP contribution in [0.5, 0.6) is 0 Å². The lowest BCUT2D eigenvalue weighted by Gasteiger charge is -2.38. The number of hydrogen-bond donors (Lipinski definition) is 0. The van der Waals surface area contributed by atoms with Crippen molar-refractivity contribution in [3.05, 3.63) is 46.5 Å². The van der Waals surface area contributed by atoms with Crippen molar-refractivity contribution in [3.63, 3.8) is 0 Å². The molecule has 2 aromatic rings. The standard InChI is InChI=1S/C27H37N5O4S/c1-16(2)37(35,36)31-12-21(13-31)26-28-29-27(32(26)22-8-9-22)24-15-30(19(5)33)14-23(24)25(34)11-20-7-6-17(3)10-18(20)4/h6-7,10,16,21-24H,8-9,11-15H2,1-5H3/t23-,24-/m0/s1. The average molecular weight is 528 g/mol. The molecule has 0 unspecified atom stereocenters. The first-order valence-corrected chi connectivity index (χ1v) is 14.8. The van der Waals surface area contributed by atoms with E-state index in [4.69, 9.17) is 0 Å². The number of hydrogen-bond acceptors (Lipinski definition) is 6. The van der Waals surface area contributed by atoms with Crippen LogP contribution in [0.25, 0.3) is 0 Å². The van der Waals surface area contributed by atoms with E-state index in [0.717, 1.165) is 41.2 Å². The molecule has 10 heteroatoms. The van der Waals surface area contributed by atoms with E-state index in [-0.39, 0.29) is 35.5 Å². The van der Waals surface area contributed by atoms with Gasteiger partial charge in [-0.25, -0.2) is 12.7 Å². The van der Waals surface area contributed by atoms with E-state index >= 15 is 0 Å². The Morgan fingerprint density at radius 3 is 2.30 bits per heavy atom. The number of Topliss-reactive ketones (excluding diaryl/α,β-unsaturated/α-hetero) is 1. The van der Waals surface area contributed by atoms with Gasteiger partial charge in [0.15, 0.2) is 0 Å². The van der Waals surface area contributed by atoms with Crippen LogP contribution in [-0.2, 0) is 26.0 Å². The van der Waals surface area contributed by atoms with Gasteiger partial charge in [-0.3, -0.25) is 9.59 Å². The van der Waals surface area contributed by atoms with Crippen molar-refractivity contribution < 1.29 is 18.0 Å². The minimum Gasteiger partial charge on any atom is -0.341 e. The highest BCUT2D eigenvalue weighted by Gasteiger charge is 2.46. The summed E-state index contributed by atoms with van der Waals surface area (Å²) in [5, 5.41) is 8.70. The lowest BCUT2D eigenvalue weighted by atomic mass is 9.87. The average Bonchev–Trinajstić information content (AvgIpc) is 3.37. The normalized spacial score (nSPS) is 23.0. The van der Waals surface area contributed by atoms with Crippen LogP contribution >= 0.6 is 0 Å². The molecular weight excluding hydrogens is 490 g/mol. The number of sulfonamides is 1. The van der Waals surface area contributed by atoms with Crippen LogP contribution in [0.15, 0.2) is 18.2 Å². The molecule has 1 aromatic heterocycles. The van der Waals surface area contributed by atoms with Crippen molar-refractivity contribution in [1.29, 1.82) is 0 Å². The topological polar surface area (TPSA) is 105 Å². The lowest BCUT2D eigenvalue weighted by molar-refractivity contribution is -0.128. The first-order valence-electron chi connectivity index (χ1n) is 13.2. The second-order valence-corrected chi connectivity index (χ2v) is 13.8. The van der Waals surface area contributed by atoms with Crippen LogP contribution in [0.3, 0.4) is 0 Å². The van der Waals surface area contributed by atoms with E-state index < -0.39 is 15.3 Å². The Bertz CT molecular complexity index is 1320. The summed E-state index contributed by atoms with van der Waals surface area (Å²) in [6.45, 7) is 10.7. The summed E-state index contributed by atoms with van der Waals surface area (Å²) in [4.78, 5) is 27.7. The van der Waals surface area contributed by atoms with Gasteiger partial charge in [0, 0.05) is 63.3 Å². The van der Waals surface area contributed by atoms with Gasteiger partial charge in [-0.1, -0.05) is 23.8 Å². The highest BCUT2D eigenvalue weighted by atomic mass is 32.2. The number of aryl methyl sites for hydroxylation is 2. The van der Waals surface area contributed by atoms with Gasteiger partial charge in [-0.05, 0) is 51.7 Å². The highest BCUT2D eigenvalue weighted by molar-refractivity contribution is 7.89. The van der Waals surface area contributed by atoms with E-state index in [2.05, 4.69) is 20.8 Å². The van der Waals surface area contributed by atoms with Crippen LogP contribution in [-0.4, -0.2) is 75.5 Å². The molecule has 3 fully saturated rings. The van der Waals surface area contributed by atoms with Gasteiger partial charge in [0.05, 0.1) is 5.25 Å². The maximum absolute atomic E-state index is 13.7. The molecule has 0 N–H and O–H groups in total. The summed E-state index contributed by atoms with van der Waals surface area (Å²) >= 11 is 0. The first-order chi connectivity index (χ1) is 17.5. The van der Waals surface area contributed by atoms with Gasteiger partial charge in [-0.15, -0.1) is 10.2 Å². The Morgan fingerprint density at radius 2 is 1.70 bits per heavy atom. The van der Waals surface area contributed by atoms with Crippen LogP contribution in [0.4, 0.5) is 0 Å². The Morgan fingerprint density at radius 1 is 1.03 bits per heavy atom. The molecular formula is C27H37N5O4S. The number of aromatic nitrogens is 3. The molecule has 5 rings (SSSR count). The van der Waals surface area contributed by atoms with Gasteiger partial charge in [-0.2, -0.15) is 0 Å². The van der Waals surface area contributed by atoms with Crippen molar-refractivity contribution in [1.82, 2.24) is 24.0 Å². The van der Waals surface area contributed by atoms with E-state index in [1.165, 1.54) is 4.31 Å². The number of likely N-dealkylation sites (tertiary alicyclic amines) is 1. The van der Waals surface area contributed by atoms with E-state index in [0.29, 0.717) is 32.6 Å². The zero-order valence-corrected chi connectivity index (χ0v) is 23.2. The summed E-state index contributed by atoms with van der Waals surface area (Å²) in [5.41, 5.74) is 3.28. The monoisotopic (exact) mass is 527 g/mol. The zero-order valence-electron chi connectivity index (χ0n) is 22.3. The molecule has 0 radical (unpaired) electrons. The van der Waals surface area contributed by atoms with Crippen molar-refractivity contribution in [2.45, 2.75) is 77.0 Å². The van der Waals surface area contributed by atoms with Crippen molar-refractivity contribution in [3.8, 4) is 0 Å². The number of carbonyl (C=O) groups is 2. The molecule has 9 nitrogen and oxygen atoms in total. The Hall–Kier alpha value is -2.59. The molecule has 2 atom stereocenters. The summed E-state index contributed by atoms with van der Waals surface area (Å²) in [6, 6.07) is 6.42. The number of carbonyl (C=O) groups excluding carboxylic acids is 2. The minimum atomic E-state index is -3.29. The zero-order chi connectivity index (χ0) is 26.6. The van der Waals surface area contributed by atoms with Gasteiger partial charge in [0.1, 0.15) is 17.4 Å². The quantitative estimate of drug-likeness (QED) is 0.523. The lowest BCUT2D eigenvalue weighted by Crippen LogP contribution is -2.51. The molecule has 37 heavy (non-hydrogen) atoms. The molecule has 3 aliphatic rings. The van der Waals surface area contributed by atoms with Crippen LogP contribution in [0.1, 0.15) is 79.8 Å². The Balaban J connectivity index is 1.42. The number of rotatable bonds is 8. The van der Waals surface area contributed by atoms with Crippen molar-refractivity contribution in [2.75, 3.05) is 26.2 Å². The van der Waals surface area contributed by atoms with Gasteiger partial charge >= 0.3 is 0 Å². The highest BCUT2D eigenvalue weighted by Crippen LogP contribution is 2.44. The molecule has 1 saturated carbocycles. The van der Waals surface area contributed by atoms with Crippen LogP contribution in [0, 0.1) is 19.8 Å². The Kier molecular flexibility index (Phi) is 6.77. The number of benzene rings is 1. The largest absolute Gasteiger partial charge is 0.341 e. The fourth-order valence-corrected chi connectivity index (χ4v) is 7.05. The van der Waals surface area contributed by atoms with Crippen LogP contribution in [0.2, 0.25) is 0 Å². The number of amides is 1. The third-order valence-corrected chi connectivity index (χ3v) is 10.4. The van der Waals surface area contributed by atoms with Gasteiger partial charge in [0.25, 0.3) is 0 Å². The summed E-state index contributed by atoms with van der Waals surface area (Å²) in [6.07, 6.45) is 2.36. The van der Waals surface area contributed by atoms with Crippen molar-refractivity contribution >= 4 is 21.7 Å². The van der Waals surface area contributed by atoms with Crippen LogP contribution < -0.4 is 0 Å². The number of nitrogens with zero attached hydrogens (tertiary/aromatic N) is 5. The predicted molar refractivity (Wildman–Crippen MR) is 140 cm³/mol.